The normalized spacial score (nSPS) is 11.2. The van der Waals surface area contributed by atoms with Crippen LogP contribution >= 0.6 is 11.6 Å². The maximum atomic E-state index is 11.4. The van der Waals surface area contributed by atoms with Crippen LogP contribution in [-0.4, -0.2) is 16.1 Å². The summed E-state index contributed by atoms with van der Waals surface area (Å²) in [6.45, 7) is 1.81. The number of nitrogens with one attached hydrogen (secondary N) is 1. The van der Waals surface area contributed by atoms with Crippen LogP contribution in [0, 0.1) is 6.92 Å². The van der Waals surface area contributed by atoms with Crippen LogP contribution in [0.2, 0.25) is 5.02 Å². The third kappa shape index (κ3) is 3.81. The van der Waals surface area contributed by atoms with Gasteiger partial charge in [0.1, 0.15) is 5.76 Å². The molecule has 2 aromatic heterocycles. The van der Waals surface area contributed by atoms with E-state index in [1.54, 1.807) is 19.3 Å². The molecule has 0 saturated heterocycles. The lowest BCUT2D eigenvalue weighted by molar-refractivity contribution is 0.0696. The summed E-state index contributed by atoms with van der Waals surface area (Å²) in [5, 5.41) is 11.1. The Bertz CT molecular complexity index is 1430. The summed E-state index contributed by atoms with van der Waals surface area (Å²) in [7, 11) is 0. The quantitative estimate of drug-likeness (QED) is 0.299. The summed E-state index contributed by atoms with van der Waals surface area (Å²) in [5.41, 5.74) is 6.99. The van der Waals surface area contributed by atoms with Crippen molar-refractivity contribution < 1.29 is 14.3 Å². The molecule has 0 amide bonds. The largest absolute Gasteiger partial charge is 0.478 e. The Morgan fingerprint density at radius 1 is 1.00 bits per heavy atom. The molecule has 32 heavy (non-hydrogen) atoms. The first kappa shape index (κ1) is 20.2. The van der Waals surface area contributed by atoms with Crippen molar-refractivity contribution in [1.29, 1.82) is 0 Å². The first-order chi connectivity index (χ1) is 15.5. The lowest BCUT2D eigenvalue weighted by Crippen LogP contribution is -2.01. The molecule has 0 radical (unpaired) electrons. The monoisotopic (exact) mass is 441 g/mol. The molecule has 2 N–H and O–H groups in total. The topological polar surface area (TPSA) is 66.2 Å². The molecule has 0 saturated carbocycles. The third-order valence-corrected chi connectivity index (χ3v) is 6.01. The number of rotatable bonds is 5. The number of carboxylic acids is 1. The van der Waals surface area contributed by atoms with Crippen molar-refractivity contribution in [3.63, 3.8) is 0 Å². The second-order valence-electron chi connectivity index (χ2n) is 7.90. The van der Waals surface area contributed by atoms with Gasteiger partial charge in [-0.15, -0.1) is 0 Å². The summed E-state index contributed by atoms with van der Waals surface area (Å²) < 4.78 is 5.46. The number of aromatic carboxylic acids is 1. The summed E-state index contributed by atoms with van der Waals surface area (Å²) in [4.78, 5) is 14.8. The van der Waals surface area contributed by atoms with E-state index in [1.807, 2.05) is 54.6 Å². The van der Waals surface area contributed by atoms with E-state index in [0.717, 1.165) is 50.2 Å². The van der Waals surface area contributed by atoms with Crippen LogP contribution in [0.1, 0.15) is 27.2 Å². The third-order valence-electron chi connectivity index (χ3n) is 5.69. The Morgan fingerprint density at radius 2 is 1.78 bits per heavy atom. The van der Waals surface area contributed by atoms with Gasteiger partial charge in [0, 0.05) is 34.1 Å². The highest BCUT2D eigenvalue weighted by Crippen LogP contribution is 2.34. The SMILES string of the molecule is Cc1ccc(Cc2cc3cc(-c4ccc(-c5ccco5)cc4)c(Cl)cc3[nH]2)cc1C(=O)O. The average molecular weight is 442 g/mol. The van der Waals surface area contributed by atoms with E-state index in [9.17, 15) is 9.90 Å². The molecule has 0 spiro atoms. The first-order valence-corrected chi connectivity index (χ1v) is 10.6. The molecular formula is C27H20ClNO3. The number of fused-ring (bicyclic) bond motifs is 1. The van der Waals surface area contributed by atoms with E-state index in [1.165, 1.54) is 0 Å². The van der Waals surface area contributed by atoms with Gasteiger partial charge in [-0.05, 0) is 60.0 Å². The van der Waals surface area contributed by atoms with Crippen molar-refractivity contribution in [2.45, 2.75) is 13.3 Å². The Hall–Kier alpha value is -3.76. The number of benzene rings is 3. The van der Waals surface area contributed by atoms with Crippen molar-refractivity contribution in [3.05, 3.63) is 106 Å². The molecule has 0 aliphatic heterocycles. The Kier molecular flexibility index (Phi) is 5.08. The van der Waals surface area contributed by atoms with E-state index in [2.05, 4.69) is 17.1 Å². The summed E-state index contributed by atoms with van der Waals surface area (Å²) >= 11 is 6.62. The lowest BCUT2D eigenvalue weighted by atomic mass is 10.0. The molecule has 5 aromatic rings. The number of H-pyrrole nitrogens is 1. The fourth-order valence-corrected chi connectivity index (χ4v) is 4.29. The van der Waals surface area contributed by atoms with Gasteiger partial charge in [0.2, 0.25) is 0 Å². The summed E-state index contributed by atoms with van der Waals surface area (Å²) in [6, 6.07) is 23.6. The molecule has 2 heterocycles. The average Bonchev–Trinajstić information content (AvgIpc) is 3.44. The fourth-order valence-electron chi connectivity index (χ4n) is 4.02. The number of aromatic amines is 1. The molecule has 3 aromatic carbocycles. The number of halogens is 1. The fraction of sp³-hybridized carbons (Fsp3) is 0.0741. The molecule has 5 rings (SSSR count). The van der Waals surface area contributed by atoms with Crippen LogP contribution in [-0.2, 0) is 6.42 Å². The second kappa shape index (κ2) is 8.06. The van der Waals surface area contributed by atoms with Crippen LogP contribution < -0.4 is 0 Å². The highest BCUT2D eigenvalue weighted by molar-refractivity contribution is 6.34. The Labute approximate surface area is 190 Å². The minimum absolute atomic E-state index is 0.335. The minimum Gasteiger partial charge on any atom is -0.478 e. The van der Waals surface area contributed by atoms with Crippen LogP contribution in [0.15, 0.2) is 83.5 Å². The summed E-state index contributed by atoms with van der Waals surface area (Å²) in [6.07, 6.45) is 2.27. The van der Waals surface area contributed by atoms with Gasteiger partial charge in [-0.2, -0.15) is 0 Å². The molecule has 158 valence electrons. The van der Waals surface area contributed by atoms with Gasteiger partial charge < -0.3 is 14.5 Å². The predicted octanol–water partition coefficient (Wildman–Crippen LogP) is 7.35. The van der Waals surface area contributed by atoms with E-state index in [-0.39, 0.29) is 0 Å². The number of carboxylic acid groups (broad SMARTS) is 1. The van der Waals surface area contributed by atoms with Crippen LogP contribution in [0.25, 0.3) is 33.4 Å². The van der Waals surface area contributed by atoms with E-state index >= 15 is 0 Å². The number of furan rings is 1. The van der Waals surface area contributed by atoms with Crippen molar-refractivity contribution in [2.24, 2.45) is 0 Å². The molecule has 0 aliphatic rings. The van der Waals surface area contributed by atoms with Crippen LogP contribution in [0.3, 0.4) is 0 Å². The molecule has 0 atom stereocenters. The molecule has 0 unspecified atom stereocenters. The molecule has 4 nitrogen and oxygen atoms in total. The van der Waals surface area contributed by atoms with Gasteiger partial charge in [-0.25, -0.2) is 4.79 Å². The maximum Gasteiger partial charge on any atom is 0.335 e. The zero-order valence-corrected chi connectivity index (χ0v) is 18.1. The van der Waals surface area contributed by atoms with Crippen molar-refractivity contribution >= 4 is 28.5 Å². The minimum atomic E-state index is -0.907. The number of hydrogen-bond donors (Lipinski definition) is 2. The molecule has 0 aliphatic carbocycles. The van der Waals surface area contributed by atoms with Crippen molar-refractivity contribution in [1.82, 2.24) is 4.98 Å². The van der Waals surface area contributed by atoms with Crippen molar-refractivity contribution in [2.75, 3.05) is 0 Å². The van der Waals surface area contributed by atoms with Gasteiger partial charge in [0.25, 0.3) is 0 Å². The molecular weight excluding hydrogens is 422 g/mol. The highest BCUT2D eigenvalue weighted by Gasteiger charge is 2.12. The van der Waals surface area contributed by atoms with Crippen molar-refractivity contribution in [3.8, 4) is 22.5 Å². The zero-order valence-electron chi connectivity index (χ0n) is 17.4. The Morgan fingerprint density at radius 3 is 2.50 bits per heavy atom. The Balaban J connectivity index is 1.46. The number of aryl methyl sites for hydroxylation is 1. The zero-order chi connectivity index (χ0) is 22.2. The van der Waals surface area contributed by atoms with Gasteiger partial charge in [0.05, 0.1) is 16.8 Å². The smallest absolute Gasteiger partial charge is 0.335 e. The maximum absolute atomic E-state index is 11.4. The van der Waals surface area contributed by atoms with Gasteiger partial charge >= 0.3 is 5.97 Å². The van der Waals surface area contributed by atoms with E-state index in [0.29, 0.717) is 17.0 Å². The second-order valence-corrected chi connectivity index (χ2v) is 8.31. The van der Waals surface area contributed by atoms with E-state index < -0.39 is 5.97 Å². The van der Waals surface area contributed by atoms with Crippen LogP contribution in [0.4, 0.5) is 0 Å². The predicted molar refractivity (Wildman–Crippen MR) is 127 cm³/mol. The number of carbonyl (C=O) groups is 1. The number of aromatic nitrogens is 1. The van der Waals surface area contributed by atoms with Gasteiger partial charge in [0.15, 0.2) is 0 Å². The first-order valence-electron chi connectivity index (χ1n) is 10.3. The van der Waals surface area contributed by atoms with Crippen LogP contribution in [0.5, 0.6) is 0 Å². The number of hydrogen-bond acceptors (Lipinski definition) is 2. The molecule has 5 heteroatoms. The van der Waals surface area contributed by atoms with Gasteiger partial charge in [-0.3, -0.25) is 0 Å². The van der Waals surface area contributed by atoms with E-state index in [4.69, 9.17) is 16.0 Å². The molecule has 0 bridgehead atoms. The molecule has 0 fully saturated rings. The summed E-state index contributed by atoms with van der Waals surface area (Å²) in [5.74, 6) is -0.0778. The highest BCUT2D eigenvalue weighted by atomic mass is 35.5. The lowest BCUT2D eigenvalue weighted by Gasteiger charge is -2.06. The van der Waals surface area contributed by atoms with Gasteiger partial charge in [-0.1, -0.05) is 48.0 Å². The standard InChI is InChI=1S/C27H20ClNO3/c1-16-4-5-17(12-22(16)27(30)31)11-21-13-20-14-23(24(28)15-25(20)29-21)18-6-8-19(9-7-18)26-3-2-10-32-26/h2-10,12-15,29H,11H2,1H3,(H,30,31).